The maximum atomic E-state index is 11.3. The number of hydrogen-bond donors (Lipinski definition) is 1. The molecular formula is C10H19NOS. The van der Waals surface area contributed by atoms with Gasteiger partial charge in [-0.1, -0.05) is 6.92 Å². The van der Waals surface area contributed by atoms with Crippen LogP contribution in [0.5, 0.6) is 0 Å². The molecule has 0 saturated heterocycles. The Morgan fingerprint density at radius 1 is 1.54 bits per heavy atom. The Morgan fingerprint density at radius 3 is 2.85 bits per heavy atom. The van der Waals surface area contributed by atoms with Gasteiger partial charge in [0.25, 0.3) is 0 Å². The van der Waals surface area contributed by atoms with Crippen molar-refractivity contribution in [2.45, 2.75) is 50.3 Å². The smallest absolute Gasteiger partial charge is 0.220 e. The zero-order chi connectivity index (χ0) is 9.68. The van der Waals surface area contributed by atoms with E-state index in [2.05, 4.69) is 11.6 Å². The first-order valence-electron chi connectivity index (χ1n) is 5.08. The van der Waals surface area contributed by atoms with Crippen LogP contribution in [-0.4, -0.2) is 23.5 Å². The molecule has 0 heterocycles. The summed E-state index contributed by atoms with van der Waals surface area (Å²) in [5.74, 6) is 0.231. The number of carbonyl (C=O) groups excluding carboxylic acids is 1. The largest absolute Gasteiger partial charge is 0.353 e. The summed E-state index contributed by atoms with van der Waals surface area (Å²) in [6.07, 6.45) is 7.38. The molecular weight excluding hydrogens is 182 g/mol. The number of hydrogen-bond acceptors (Lipinski definition) is 2. The number of carbonyl (C=O) groups is 1. The second-order valence-electron chi connectivity index (χ2n) is 3.69. The van der Waals surface area contributed by atoms with Crippen molar-refractivity contribution in [3.8, 4) is 0 Å². The van der Waals surface area contributed by atoms with Crippen LogP contribution in [0.25, 0.3) is 0 Å². The highest BCUT2D eigenvalue weighted by Crippen LogP contribution is 2.28. The van der Waals surface area contributed by atoms with E-state index in [1.807, 2.05) is 18.7 Å². The summed E-state index contributed by atoms with van der Waals surface area (Å²) in [7, 11) is 0. The Hall–Kier alpha value is -0.180. The van der Waals surface area contributed by atoms with E-state index in [1.165, 1.54) is 12.8 Å². The fourth-order valence-corrected chi connectivity index (χ4v) is 2.61. The predicted octanol–water partition coefficient (Wildman–Crippen LogP) is 2.19. The lowest BCUT2D eigenvalue weighted by molar-refractivity contribution is -0.121. The van der Waals surface area contributed by atoms with Gasteiger partial charge in [0, 0.05) is 17.7 Å². The summed E-state index contributed by atoms with van der Waals surface area (Å²) >= 11 is 1.93. The Morgan fingerprint density at radius 2 is 2.31 bits per heavy atom. The van der Waals surface area contributed by atoms with Crippen molar-refractivity contribution >= 4 is 17.7 Å². The molecule has 1 amide bonds. The topological polar surface area (TPSA) is 29.1 Å². The van der Waals surface area contributed by atoms with E-state index in [4.69, 9.17) is 0 Å². The van der Waals surface area contributed by atoms with E-state index >= 15 is 0 Å². The second kappa shape index (κ2) is 5.53. The van der Waals surface area contributed by atoms with Gasteiger partial charge in [-0.15, -0.1) is 0 Å². The maximum Gasteiger partial charge on any atom is 0.220 e. The average Bonchev–Trinajstić information content (AvgIpc) is 2.52. The minimum atomic E-state index is 0.231. The average molecular weight is 201 g/mol. The molecule has 0 radical (unpaired) electrons. The van der Waals surface area contributed by atoms with Crippen molar-refractivity contribution in [1.82, 2.24) is 5.32 Å². The second-order valence-corrected chi connectivity index (χ2v) is 4.82. The van der Waals surface area contributed by atoms with Crippen LogP contribution in [-0.2, 0) is 4.79 Å². The van der Waals surface area contributed by atoms with E-state index < -0.39 is 0 Å². The lowest BCUT2D eigenvalue weighted by Gasteiger charge is -2.11. The molecule has 0 aromatic heterocycles. The van der Waals surface area contributed by atoms with Gasteiger partial charge in [-0.3, -0.25) is 4.79 Å². The van der Waals surface area contributed by atoms with Gasteiger partial charge in [-0.25, -0.2) is 0 Å². The summed E-state index contributed by atoms with van der Waals surface area (Å²) in [5, 5.41) is 3.86. The van der Waals surface area contributed by atoms with Crippen LogP contribution in [0.3, 0.4) is 0 Å². The number of amides is 1. The Labute approximate surface area is 84.9 Å². The molecule has 0 aromatic carbocycles. The number of thioether (sulfide) groups is 1. The molecule has 1 aliphatic rings. The van der Waals surface area contributed by atoms with Crippen LogP contribution in [0.2, 0.25) is 0 Å². The molecule has 1 rings (SSSR count). The monoisotopic (exact) mass is 201 g/mol. The van der Waals surface area contributed by atoms with Crippen molar-refractivity contribution in [3.05, 3.63) is 0 Å². The highest BCUT2D eigenvalue weighted by atomic mass is 32.2. The molecule has 0 bridgehead atoms. The summed E-state index contributed by atoms with van der Waals surface area (Å²) in [5.41, 5.74) is 0. The van der Waals surface area contributed by atoms with E-state index in [0.29, 0.717) is 12.5 Å². The first-order chi connectivity index (χ1) is 6.26. The summed E-state index contributed by atoms with van der Waals surface area (Å²) in [4.78, 5) is 11.3. The molecule has 1 N–H and O–H groups in total. The van der Waals surface area contributed by atoms with Gasteiger partial charge in [0.05, 0.1) is 0 Å². The van der Waals surface area contributed by atoms with Gasteiger partial charge in [0.15, 0.2) is 0 Å². The number of nitrogens with one attached hydrogen (secondary N) is 1. The summed E-state index contributed by atoms with van der Waals surface area (Å²) in [6.45, 7) is 2.04. The van der Waals surface area contributed by atoms with Crippen LogP contribution in [0.4, 0.5) is 0 Å². The van der Waals surface area contributed by atoms with Gasteiger partial charge < -0.3 is 5.32 Å². The fraction of sp³-hybridized carbons (Fsp3) is 0.900. The molecule has 1 fully saturated rings. The third kappa shape index (κ3) is 3.59. The lowest BCUT2D eigenvalue weighted by atomic mass is 10.2. The van der Waals surface area contributed by atoms with Gasteiger partial charge in [0.2, 0.25) is 5.91 Å². The van der Waals surface area contributed by atoms with E-state index in [1.54, 1.807) is 0 Å². The molecule has 76 valence electrons. The van der Waals surface area contributed by atoms with Crippen molar-refractivity contribution < 1.29 is 4.79 Å². The normalized spacial score (nSPS) is 27.5. The molecule has 0 aliphatic heterocycles. The molecule has 3 heteroatoms. The molecule has 0 aromatic rings. The zero-order valence-corrected chi connectivity index (χ0v) is 9.32. The van der Waals surface area contributed by atoms with Gasteiger partial charge in [-0.2, -0.15) is 11.8 Å². The van der Waals surface area contributed by atoms with Crippen molar-refractivity contribution in [3.63, 3.8) is 0 Å². The Balaban J connectivity index is 2.19. The molecule has 1 saturated carbocycles. The number of rotatable bonds is 4. The zero-order valence-electron chi connectivity index (χ0n) is 8.51. The highest BCUT2D eigenvalue weighted by Gasteiger charge is 2.24. The molecule has 0 spiro atoms. The van der Waals surface area contributed by atoms with Crippen LogP contribution in [0, 0.1) is 0 Å². The summed E-state index contributed by atoms with van der Waals surface area (Å²) < 4.78 is 0. The predicted molar refractivity (Wildman–Crippen MR) is 58.0 cm³/mol. The quantitative estimate of drug-likeness (QED) is 0.755. The first kappa shape index (κ1) is 10.9. The Bertz CT molecular complexity index is 172. The molecule has 1 aliphatic carbocycles. The lowest BCUT2D eigenvalue weighted by Crippen LogP contribution is -2.32. The molecule has 13 heavy (non-hydrogen) atoms. The molecule has 2 nitrogen and oxygen atoms in total. The molecule has 2 atom stereocenters. The van der Waals surface area contributed by atoms with Crippen LogP contribution < -0.4 is 5.32 Å². The minimum Gasteiger partial charge on any atom is -0.353 e. The van der Waals surface area contributed by atoms with Crippen molar-refractivity contribution in [1.29, 1.82) is 0 Å². The third-order valence-electron chi connectivity index (χ3n) is 2.56. The maximum absolute atomic E-state index is 11.3. The third-order valence-corrected chi connectivity index (χ3v) is 3.65. The SMILES string of the molecule is CCCC(=O)NC1CCC(SC)C1. The standard InChI is InChI=1S/C10H19NOS/c1-3-4-10(12)11-8-5-6-9(7-8)13-2/h8-9H,3-7H2,1-2H3,(H,11,12). The van der Waals surface area contributed by atoms with Crippen LogP contribution in [0.15, 0.2) is 0 Å². The van der Waals surface area contributed by atoms with Gasteiger partial charge in [0.1, 0.15) is 0 Å². The summed E-state index contributed by atoms with van der Waals surface area (Å²) in [6, 6.07) is 0.455. The van der Waals surface area contributed by atoms with Crippen molar-refractivity contribution in [2.75, 3.05) is 6.26 Å². The fourth-order valence-electron chi connectivity index (χ4n) is 1.81. The minimum absolute atomic E-state index is 0.231. The Kier molecular flexibility index (Phi) is 4.64. The van der Waals surface area contributed by atoms with E-state index in [9.17, 15) is 4.79 Å². The highest BCUT2D eigenvalue weighted by molar-refractivity contribution is 7.99. The van der Waals surface area contributed by atoms with E-state index in [0.717, 1.165) is 18.1 Å². The van der Waals surface area contributed by atoms with E-state index in [-0.39, 0.29) is 5.91 Å². The van der Waals surface area contributed by atoms with Crippen LogP contribution >= 0.6 is 11.8 Å². The van der Waals surface area contributed by atoms with Gasteiger partial charge in [-0.05, 0) is 31.9 Å². The molecule has 2 unspecified atom stereocenters. The van der Waals surface area contributed by atoms with Gasteiger partial charge >= 0.3 is 0 Å². The first-order valence-corrected chi connectivity index (χ1v) is 6.37. The van der Waals surface area contributed by atoms with Crippen molar-refractivity contribution in [2.24, 2.45) is 0 Å². The van der Waals surface area contributed by atoms with Crippen LogP contribution in [0.1, 0.15) is 39.0 Å².